The molecule has 0 saturated heterocycles. The van der Waals surface area contributed by atoms with Gasteiger partial charge in [0.05, 0.1) is 9.88 Å². The minimum absolute atomic E-state index is 0.167. The van der Waals surface area contributed by atoms with Gasteiger partial charge in [-0.2, -0.15) is 0 Å². The molecule has 16 heavy (non-hydrogen) atoms. The standard InChI is InChI=1S/C11H9NO3S/c1-6-10(16-11(15)12-6)5-7-2-3-8(13)9(14)4-7/h2-5,13-14H,1H2,(H,12,15)/b10-5-. The fourth-order valence-electron chi connectivity index (χ4n) is 1.27. The van der Waals surface area contributed by atoms with Crippen LogP contribution in [0.3, 0.4) is 0 Å². The second-order valence-electron chi connectivity index (χ2n) is 3.25. The SMILES string of the molecule is C=c1[nH]c(=O)s/c1=C\c1ccc(O)c(O)c1. The number of H-pyrrole nitrogens is 1. The van der Waals surface area contributed by atoms with Gasteiger partial charge in [-0.05, 0) is 23.8 Å². The summed E-state index contributed by atoms with van der Waals surface area (Å²) in [7, 11) is 0. The summed E-state index contributed by atoms with van der Waals surface area (Å²) in [6, 6.07) is 4.44. The van der Waals surface area contributed by atoms with Crippen LogP contribution in [-0.4, -0.2) is 15.2 Å². The minimum Gasteiger partial charge on any atom is -0.504 e. The van der Waals surface area contributed by atoms with Crippen molar-refractivity contribution in [3.63, 3.8) is 0 Å². The molecule has 4 nitrogen and oxygen atoms in total. The van der Waals surface area contributed by atoms with Crippen LogP contribution in [0.5, 0.6) is 11.5 Å². The van der Waals surface area contributed by atoms with Gasteiger partial charge in [0.25, 0.3) is 0 Å². The Morgan fingerprint density at radius 3 is 2.62 bits per heavy atom. The molecule has 0 radical (unpaired) electrons. The molecule has 0 atom stereocenters. The van der Waals surface area contributed by atoms with E-state index >= 15 is 0 Å². The number of phenols is 2. The molecule has 3 N–H and O–H groups in total. The van der Waals surface area contributed by atoms with Gasteiger partial charge in [-0.15, -0.1) is 0 Å². The summed E-state index contributed by atoms with van der Waals surface area (Å²) in [6.07, 6.45) is 1.71. The minimum atomic E-state index is -0.192. The lowest BCUT2D eigenvalue weighted by Crippen LogP contribution is -2.19. The molecule has 2 rings (SSSR count). The van der Waals surface area contributed by atoms with Crippen LogP contribution >= 0.6 is 11.3 Å². The number of aromatic hydroxyl groups is 2. The third-order valence-electron chi connectivity index (χ3n) is 2.05. The van der Waals surface area contributed by atoms with E-state index in [1.54, 1.807) is 12.1 Å². The van der Waals surface area contributed by atoms with Crippen molar-refractivity contribution >= 4 is 24.0 Å². The maximum Gasteiger partial charge on any atom is 0.305 e. The number of nitrogens with one attached hydrogen (secondary N) is 1. The van der Waals surface area contributed by atoms with Crippen LogP contribution in [0.15, 0.2) is 23.0 Å². The zero-order valence-corrected chi connectivity index (χ0v) is 9.04. The van der Waals surface area contributed by atoms with Crippen molar-refractivity contribution < 1.29 is 10.2 Å². The van der Waals surface area contributed by atoms with Gasteiger partial charge in [-0.1, -0.05) is 24.0 Å². The number of thiazole rings is 1. The Kier molecular flexibility index (Phi) is 2.54. The summed E-state index contributed by atoms with van der Waals surface area (Å²) in [6.45, 7) is 3.69. The fourth-order valence-corrected chi connectivity index (χ4v) is 2.01. The zero-order valence-electron chi connectivity index (χ0n) is 8.23. The molecule has 0 bridgehead atoms. The van der Waals surface area contributed by atoms with E-state index in [9.17, 15) is 9.90 Å². The number of rotatable bonds is 1. The normalized spacial score (nSPS) is 11.9. The van der Waals surface area contributed by atoms with Crippen molar-refractivity contribution in [1.82, 2.24) is 4.98 Å². The van der Waals surface area contributed by atoms with Gasteiger partial charge >= 0.3 is 4.87 Å². The van der Waals surface area contributed by atoms with Crippen LogP contribution in [0.2, 0.25) is 0 Å². The lowest BCUT2D eigenvalue weighted by atomic mass is 10.2. The highest BCUT2D eigenvalue weighted by molar-refractivity contribution is 7.07. The number of aromatic amines is 1. The summed E-state index contributed by atoms with van der Waals surface area (Å²) >= 11 is 1.05. The Morgan fingerprint density at radius 2 is 2.06 bits per heavy atom. The van der Waals surface area contributed by atoms with E-state index in [2.05, 4.69) is 11.6 Å². The van der Waals surface area contributed by atoms with Crippen LogP contribution in [-0.2, 0) is 0 Å². The van der Waals surface area contributed by atoms with Gasteiger partial charge in [0.15, 0.2) is 11.5 Å². The zero-order chi connectivity index (χ0) is 11.7. The van der Waals surface area contributed by atoms with Gasteiger partial charge in [0, 0.05) is 0 Å². The molecule has 0 spiro atoms. The summed E-state index contributed by atoms with van der Waals surface area (Å²) in [5, 5.41) is 19.0. The van der Waals surface area contributed by atoms with Crippen LogP contribution in [0.4, 0.5) is 0 Å². The lowest BCUT2D eigenvalue weighted by Gasteiger charge is -1.97. The monoisotopic (exact) mass is 235 g/mol. The van der Waals surface area contributed by atoms with Crippen LogP contribution in [0.25, 0.3) is 12.7 Å². The van der Waals surface area contributed by atoms with E-state index in [1.165, 1.54) is 12.1 Å². The molecule has 1 heterocycles. The summed E-state index contributed by atoms with van der Waals surface area (Å²) in [5.41, 5.74) is 0.690. The van der Waals surface area contributed by atoms with Crippen molar-refractivity contribution in [2.45, 2.75) is 0 Å². The van der Waals surface area contributed by atoms with Gasteiger partial charge in [0.1, 0.15) is 0 Å². The van der Waals surface area contributed by atoms with E-state index in [0.29, 0.717) is 15.4 Å². The second-order valence-corrected chi connectivity index (χ2v) is 4.26. The van der Waals surface area contributed by atoms with Gasteiger partial charge in [-0.3, -0.25) is 4.79 Å². The largest absolute Gasteiger partial charge is 0.504 e. The highest BCUT2D eigenvalue weighted by Gasteiger charge is 1.99. The molecule has 0 aliphatic heterocycles. The Bertz CT molecular complexity index is 684. The summed E-state index contributed by atoms with van der Waals surface area (Å²) in [5.74, 6) is -0.364. The molecule has 0 saturated carbocycles. The highest BCUT2D eigenvalue weighted by Crippen LogP contribution is 2.24. The quantitative estimate of drug-likeness (QED) is 0.613. The van der Waals surface area contributed by atoms with E-state index in [0.717, 1.165) is 11.3 Å². The third-order valence-corrected chi connectivity index (χ3v) is 2.92. The van der Waals surface area contributed by atoms with Crippen molar-refractivity contribution in [3.05, 3.63) is 43.3 Å². The molecule has 2 aromatic rings. The fraction of sp³-hybridized carbons (Fsp3) is 0. The first-order valence-corrected chi connectivity index (χ1v) is 5.30. The molecule has 1 aromatic heterocycles. The topological polar surface area (TPSA) is 73.3 Å². The Balaban J connectivity index is 2.59. The van der Waals surface area contributed by atoms with Crippen molar-refractivity contribution in [2.75, 3.05) is 0 Å². The predicted molar refractivity (Wildman–Crippen MR) is 63.1 cm³/mol. The molecule has 0 aliphatic rings. The van der Waals surface area contributed by atoms with Crippen molar-refractivity contribution in [3.8, 4) is 11.5 Å². The average Bonchev–Trinajstić information content (AvgIpc) is 2.51. The molecule has 82 valence electrons. The molecule has 1 aromatic carbocycles. The molecular weight excluding hydrogens is 226 g/mol. The van der Waals surface area contributed by atoms with E-state index in [1.807, 2.05) is 0 Å². The van der Waals surface area contributed by atoms with Crippen LogP contribution in [0, 0.1) is 0 Å². The number of phenolic OH excluding ortho intramolecular Hbond substituents is 2. The lowest BCUT2D eigenvalue weighted by molar-refractivity contribution is 0.403. The number of aromatic nitrogens is 1. The van der Waals surface area contributed by atoms with Crippen LogP contribution < -0.4 is 14.8 Å². The molecule has 5 heteroatoms. The molecule has 0 fully saturated rings. The molecule has 0 unspecified atom stereocenters. The van der Waals surface area contributed by atoms with Gasteiger partial charge in [-0.25, -0.2) is 0 Å². The molecular formula is C11H9NO3S. The maximum absolute atomic E-state index is 11.0. The van der Waals surface area contributed by atoms with E-state index in [4.69, 9.17) is 5.11 Å². The highest BCUT2D eigenvalue weighted by atomic mass is 32.1. The van der Waals surface area contributed by atoms with Crippen molar-refractivity contribution in [1.29, 1.82) is 0 Å². The smallest absolute Gasteiger partial charge is 0.305 e. The Labute approximate surface area is 94.4 Å². The van der Waals surface area contributed by atoms with E-state index < -0.39 is 0 Å². The first-order valence-electron chi connectivity index (χ1n) is 4.48. The van der Waals surface area contributed by atoms with Crippen LogP contribution in [0.1, 0.15) is 5.56 Å². The maximum atomic E-state index is 11.0. The van der Waals surface area contributed by atoms with Gasteiger partial charge < -0.3 is 15.2 Å². The first kappa shape index (κ1) is 10.5. The Morgan fingerprint density at radius 1 is 1.31 bits per heavy atom. The summed E-state index contributed by atoms with van der Waals surface area (Å²) < 4.78 is 0.704. The Hall–Kier alpha value is -2.01. The third kappa shape index (κ3) is 1.99. The number of benzene rings is 1. The molecule has 0 aliphatic carbocycles. The average molecular weight is 235 g/mol. The molecule has 0 amide bonds. The van der Waals surface area contributed by atoms with Gasteiger partial charge in [0.2, 0.25) is 0 Å². The van der Waals surface area contributed by atoms with Crippen molar-refractivity contribution in [2.24, 2.45) is 0 Å². The first-order chi connectivity index (χ1) is 7.56. The second kappa shape index (κ2) is 3.86. The predicted octanol–water partition coefficient (Wildman–Crippen LogP) is 0.0867. The number of hydrogen-bond donors (Lipinski definition) is 3. The summed E-state index contributed by atoms with van der Waals surface area (Å²) in [4.78, 5) is 13.4. The van der Waals surface area contributed by atoms with E-state index in [-0.39, 0.29) is 16.4 Å². The number of hydrogen-bond acceptors (Lipinski definition) is 4.